The van der Waals surface area contributed by atoms with E-state index in [1.807, 2.05) is 13.8 Å². The predicted molar refractivity (Wildman–Crippen MR) is 118 cm³/mol. The Hall–Kier alpha value is -2.25. The highest BCUT2D eigenvalue weighted by atomic mass is 35.5. The van der Waals surface area contributed by atoms with E-state index >= 15 is 0 Å². The first-order chi connectivity index (χ1) is 13.8. The standard InChI is InChI=1S/C20H26Cl2N4O3/c1-3-5-7-11-25(19(28)13-8-9-14(21)15(22)12-13)16-17(23)26(10-6-4-2)20(29)24-18(16)27/h8-9,12H,3-7,10-11,23H2,1-2H3,(H,24,27,29). The van der Waals surface area contributed by atoms with E-state index in [1.54, 1.807) is 6.07 Å². The van der Waals surface area contributed by atoms with E-state index < -0.39 is 17.2 Å². The van der Waals surface area contributed by atoms with Gasteiger partial charge in [-0.1, -0.05) is 56.3 Å². The van der Waals surface area contributed by atoms with Gasteiger partial charge in [0.05, 0.1) is 10.0 Å². The number of hydrogen-bond donors (Lipinski definition) is 2. The minimum atomic E-state index is -0.690. The Morgan fingerprint density at radius 1 is 1.10 bits per heavy atom. The zero-order valence-corrected chi connectivity index (χ0v) is 18.1. The maximum atomic E-state index is 13.2. The zero-order chi connectivity index (χ0) is 21.6. The topological polar surface area (TPSA) is 101 Å². The van der Waals surface area contributed by atoms with Gasteiger partial charge in [0.2, 0.25) is 0 Å². The molecule has 2 aromatic rings. The lowest BCUT2D eigenvalue weighted by molar-refractivity contribution is 0.0986. The SMILES string of the molecule is CCCCCN(C(=O)c1ccc(Cl)c(Cl)c1)c1c(N)n(CCCC)c(=O)[nH]c1=O. The van der Waals surface area contributed by atoms with E-state index in [1.165, 1.54) is 21.6 Å². The van der Waals surface area contributed by atoms with Crippen molar-refractivity contribution in [2.24, 2.45) is 0 Å². The molecule has 2 rings (SSSR count). The number of nitrogens with two attached hydrogens (primary N) is 1. The number of amides is 1. The van der Waals surface area contributed by atoms with Crippen molar-refractivity contribution < 1.29 is 4.79 Å². The van der Waals surface area contributed by atoms with Crippen LogP contribution in [-0.2, 0) is 6.54 Å². The van der Waals surface area contributed by atoms with Crippen LogP contribution in [0.2, 0.25) is 10.0 Å². The van der Waals surface area contributed by atoms with Gasteiger partial charge in [-0.3, -0.25) is 19.1 Å². The average Bonchev–Trinajstić information content (AvgIpc) is 2.68. The highest BCUT2D eigenvalue weighted by Gasteiger charge is 2.25. The number of carbonyl (C=O) groups is 1. The van der Waals surface area contributed by atoms with E-state index in [-0.39, 0.29) is 28.6 Å². The lowest BCUT2D eigenvalue weighted by atomic mass is 10.1. The van der Waals surface area contributed by atoms with Gasteiger partial charge in [0.25, 0.3) is 11.5 Å². The Kier molecular flexibility index (Phi) is 8.34. The second-order valence-electron chi connectivity index (χ2n) is 6.79. The fourth-order valence-corrected chi connectivity index (χ4v) is 3.29. The van der Waals surface area contributed by atoms with E-state index in [0.29, 0.717) is 24.4 Å². The van der Waals surface area contributed by atoms with Gasteiger partial charge in [0.15, 0.2) is 5.69 Å². The number of nitrogen functional groups attached to an aromatic ring is 1. The third-order valence-corrected chi connectivity index (χ3v) is 5.36. The van der Waals surface area contributed by atoms with Crippen LogP contribution in [0.4, 0.5) is 11.5 Å². The van der Waals surface area contributed by atoms with Gasteiger partial charge in [-0.15, -0.1) is 0 Å². The number of unbranched alkanes of at least 4 members (excludes halogenated alkanes) is 3. The Bertz CT molecular complexity index is 985. The van der Waals surface area contributed by atoms with E-state index in [4.69, 9.17) is 28.9 Å². The second-order valence-corrected chi connectivity index (χ2v) is 7.61. The summed E-state index contributed by atoms with van der Waals surface area (Å²) >= 11 is 12.0. The lowest BCUT2D eigenvalue weighted by Gasteiger charge is -2.25. The molecule has 9 heteroatoms. The number of rotatable bonds is 9. The van der Waals surface area contributed by atoms with Crippen molar-refractivity contribution in [1.82, 2.24) is 9.55 Å². The number of nitrogens with one attached hydrogen (secondary N) is 1. The zero-order valence-electron chi connectivity index (χ0n) is 16.6. The molecule has 0 radical (unpaired) electrons. The number of anilines is 2. The molecule has 0 saturated carbocycles. The van der Waals surface area contributed by atoms with Gasteiger partial charge >= 0.3 is 5.69 Å². The highest BCUT2D eigenvalue weighted by molar-refractivity contribution is 6.42. The summed E-state index contributed by atoms with van der Waals surface area (Å²) in [6.45, 7) is 4.66. The fourth-order valence-electron chi connectivity index (χ4n) is 3.00. The maximum absolute atomic E-state index is 13.2. The molecule has 29 heavy (non-hydrogen) atoms. The van der Waals surface area contributed by atoms with Gasteiger partial charge < -0.3 is 10.6 Å². The first-order valence-electron chi connectivity index (χ1n) is 9.71. The fraction of sp³-hybridized carbons (Fsp3) is 0.450. The molecule has 0 spiro atoms. The summed E-state index contributed by atoms with van der Waals surface area (Å²) < 4.78 is 1.30. The number of H-pyrrole nitrogens is 1. The smallest absolute Gasteiger partial charge is 0.330 e. The normalized spacial score (nSPS) is 10.9. The molecule has 3 N–H and O–H groups in total. The Balaban J connectivity index is 2.57. The van der Waals surface area contributed by atoms with Crippen molar-refractivity contribution in [2.75, 3.05) is 17.2 Å². The van der Waals surface area contributed by atoms with Crippen LogP contribution in [0.15, 0.2) is 27.8 Å². The molecule has 0 unspecified atom stereocenters. The number of halogens is 2. The first-order valence-corrected chi connectivity index (χ1v) is 10.5. The molecular formula is C20H26Cl2N4O3. The highest BCUT2D eigenvalue weighted by Crippen LogP contribution is 2.26. The van der Waals surface area contributed by atoms with Crippen molar-refractivity contribution >= 4 is 40.6 Å². The Morgan fingerprint density at radius 3 is 2.41 bits per heavy atom. The van der Waals surface area contributed by atoms with Gasteiger partial charge in [0, 0.05) is 18.7 Å². The third-order valence-electron chi connectivity index (χ3n) is 4.62. The summed E-state index contributed by atoms with van der Waals surface area (Å²) in [5.41, 5.74) is 5.19. The minimum absolute atomic E-state index is 0.0166. The van der Waals surface area contributed by atoms with Gasteiger partial charge in [0.1, 0.15) is 5.82 Å². The summed E-state index contributed by atoms with van der Waals surface area (Å²) in [4.78, 5) is 41.7. The Morgan fingerprint density at radius 2 is 1.79 bits per heavy atom. The molecule has 1 aromatic carbocycles. The van der Waals surface area contributed by atoms with Crippen LogP contribution in [0.3, 0.4) is 0 Å². The van der Waals surface area contributed by atoms with Crippen LogP contribution < -0.4 is 21.9 Å². The average molecular weight is 441 g/mol. The molecular weight excluding hydrogens is 415 g/mol. The molecule has 0 aliphatic heterocycles. The summed E-state index contributed by atoms with van der Waals surface area (Å²) in [6, 6.07) is 4.52. The van der Waals surface area contributed by atoms with Crippen LogP contribution in [0.25, 0.3) is 0 Å². The molecule has 0 bridgehead atoms. The van der Waals surface area contributed by atoms with Crippen LogP contribution in [0, 0.1) is 0 Å². The third kappa shape index (κ3) is 5.42. The number of hydrogen-bond acceptors (Lipinski definition) is 4. The summed E-state index contributed by atoms with van der Waals surface area (Å²) in [5.74, 6) is -0.449. The largest absolute Gasteiger partial charge is 0.383 e. The molecule has 0 aliphatic rings. The molecule has 0 atom stereocenters. The summed E-state index contributed by atoms with van der Waals surface area (Å²) in [6.07, 6.45) is 4.06. The minimum Gasteiger partial charge on any atom is -0.383 e. The number of aromatic nitrogens is 2. The molecule has 0 aliphatic carbocycles. The van der Waals surface area contributed by atoms with Crippen molar-refractivity contribution in [2.45, 2.75) is 52.5 Å². The molecule has 0 fully saturated rings. The van der Waals surface area contributed by atoms with Crippen LogP contribution in [-0.4, -0.2) is 22.0 Å². The van der Waals surface area contributed by atoms with Crippen molar-refractivity contribution in [3.8, 4) is 0 Å². The van der Waals surface area contributed by atoms with Crippen LogP contribution in [0.5, 0.6) is 0 Å². The monoisotopic (exact) mass is 440 g/mol. The number of aromatic amines is 1. The summed E-state index contributed by atoms with van der Waals surface area (Å²) in [7, 11) is 0. The second kappa shape index (κ2) is 10.5. The van der Waals surface area contributed by atoms with Crippen molar-refractivity contribution in [1.29, 1.82) is 0 Å². The predicted octanol–water partition coefficient (Wildman–Crippen LogP) is 4.06. The molecule has 0 saturated heterocycles. The maximum Gasteiger partial charge on any atom is 0.330 e. The molecule has 7 nitrogen and oxygen atoms in total. The van der Waals surface area contributed by atoms with E-state index in [9.17, 15) is 14.4 Å². The molecule has 1 aromatic heterocycles. The number of nitrogens with zero attached hydrogens (tertiary/aromatic N) is 2. The van der Waals surface area contributed by atoms with Gasteiger partial charge in [-0.05, 0) is 31.0 Å². The molecule has 1 amide bonds. The molecule has 1 heterocycles. The van der Waals surface area contributed by atoms with Crippen LogP contribution >= 0.6 is 23.2 Å². The van der Waals surface area contributed by atoms with Crippen molar-refractivity contribution in [3.63, 3.8) is 0 Å². The van der Waals surface area contributed by atoms with Gasteiger partial charge in [-0.25, -0.2) is 4.79 Å². The quantitative estimate of drug-likeness (QED) is 0.573. The van der Waals surface area contributed by atoms with E-state index in [2.05, 4.69) is 4.98 Å². The number of benzene rings is 1. The van der Waals surface area contributed by atoms with Crippen molar-refractivity contribution in [3.05, 3.63) is 54.6 Å². The van der Waals surface area contributed by atoms with E-state index in [0.717, 1.165) is 19.3 Å². The summed E-state index contributed by atoms with van der Waals surface area (Å²) in [5, 5.41) is 0.562. The number of carbonyl (C=O) groups excluding carboxylic acids is 1. The Labute approximate surface area is 179 Å². The van der Waals surface area contributed by atoms with Gasteiger partial charge in [-0.2, -0.15) is 0 Å². The molecule has 158 valence electrons. The first kappa shape index (κ1) is 23.0. The lowest BCUT2D eigenvalue weighted by Crippen LogP contribution is -2.41. The van der Waals surface area contributed by atoms with Crippen LogP contribution in [0.1, 0.15) is 56.3 Å².